The number of carbonyl (C=O) groups is 1. The summed E-state index contributed by atoms with van der Waals surface area (Å²) < 4.78 is 0. The van der Waals surface area contributed by atoms with E-state index < -0.39 is 0 Å². The van der Waals surface area contributed by atoms with Gasteiger partial charge in [-0.15, -0.1) is 10.2 Å². The van der Waals surface area contributed by atoms with Gasteiger partial charge in [0.05, 0.1) is 0 Å². The van der Waals surface area contributed by atoms with E-state index in [0.717, 1.165) is 23.1 Å². The lowest BCUT2D eigenvalue weighted by molar-refractivity contribution is 0.0786. The second kappa shape index (κ2) is 6.23. The number of likely N-dealkylation sites (tertiary alicyclic amines) is 1. The molecule has 0 aliphatic carbocycles. The summed E-state index contributed by atoms with van der Waals surface area (Å²) in [4.78, 5) is 18.4. The number of rotatable bonds is 3. The molecule has 6 nitrogen and oxygen atoms in total. The molecule has 3 heterocycles. The molecule has 23 heavy (non-hydrogen) atoms. The van der Waals surface area contributed by atoms with E-state index >= 15 is 0 Å². The summed E-state index contributed by atoms with van der Waals surface area (Å²) in [7, 11) is 0. The van der Waals surface area contributed by atoms with Crippen LogP contribution in [0, 0.1) is 0 Å². The Kier molecular flexibility index (Phi) is 4.30. The van der Waals surface area contributed by atoms with Crippen molar-refractivity contribution in [2.75, 3.05) is 18.4 Å². The molecule has 1 N–H and O–H groups in total. The fourth-order valence-corrected chi connectivity index (χ4v) is 3.35. The molecule has 1 aliphatic rings. The summed E-state index contributed by atoms with van der Waals surface area (Å²) in [6.45, 7) is 7.78. The molecular weight excluding hydrogens is 310 g/mol. The van der Waals surface area contributed by atoms with Crippen LogP contribution in [0.25, 0.3) is 0 Å². The van der Waals surface area contributed by atoms with E-state index in [2.05, 4.69) is 41.3 Å². The van der Waals surface area contributed by atoms with Gasteiger partial charge in [-0.3, -0.25) is 9.78 Å². The maximum atomic E-state index is 12.4. The first kappa shape index (κ1) is 15.9. The van der Waals surface area contributed by atoms with Crippen LogP contribution < -0.4 is 5.32 Å². The minimum absolute atomic E-state index is 0.00819. The van der Waals surface area contributed by atoms with E-state index in [1.807, 2.05) is 17.0 Å². The molecule has 1 aliphatic heterocycles. The number of carbonyl (C=O) groups excluding carboxylic acids is 1. The van der Waals surface area contributed by atoms with Crippen molar-refractivity contribution in [2.24, 2.45) is 0 Å². The maximum Gasteiger partial charge on any atom is 0.272 e. The van der Waals surface area contributed by atoms with E-state index in [1.54, 1.807) is 23.6 Å². The first-order valence-electron chi connectivity index (χ1n) is 7.74. The first-order valence-corrected chi connectivity index (χ1v) is 8.56. The summed E-state index contributed by atoms with van der Waals surface area (Å²) in [5, 5.41) is 13.7. The third-order valence-electron chi connectivity index (χ3n) is 3.75. The number of nitrogens with zero attached hydrogens (tertiary/aromatic N) is 4. The molecule has 0 aromatic carbocycles. The van der Waals surface area contributed by atoms with Crippen LogP contribution in [-0.4, -0.2) is 45.1 Å². The molecule has 0 saturated carbocycles. The Bertz CT molecular complexity index is 679. The highest BCUT2D eigenvalue weighted by Gasteiger charge is 2.28. The van der Waals surface area contributed by atoms with Gasteiger partial charge in [0.25, 0.3) is 5.91 Å². The zero-order valence-corrected chi connectivity index (χ0v) is 14.4. The molecule has 0 radical (unpaired) electrons. The highest BCUT2D eigenvalue weighted by molar-refractivity contribution is 7.15. The minimum Gasteiger partial charge on any atom is -0.355 e. The molecule has 7 heteroatoms. The van der Waals surface area contributed by atoms with Crippen LogP contribution in [0.1, 0.15) is 42.7 Å². The summed E-state index contributed by atoms with van der Waals surface area (Å²) in [6.07, 6.45) is 2.55. The second-order valence-electron chi connectivity index (χ2n) is 6.76. The molecule has 1 unspecified atom stereocenters. The molecule has 0 bridgehead atoms. The zero-order valence-electron chi connectivity index (χ0n) is 13.6. The third-order valence-corrected chi connectivity index (χ3v) is 5.03. The van der Waals surface area contributed by atoms with E-state index in [4.69, 9.17) is 0 Å². The van der Waals surface area contributed by atoms with Crippen LogP contribution >= 0.6 is 11.3 Å². The molecule has 3 rings (SSSR count). The monoisotopic (exact) mass is 331 g/mol. The minimum atomic E-state index is -0.0115. The molecule has 1 amide bonds. The molecule has 122 valence electrons. The van der Waals surface area contributed by atoms with E-state index in [1.165, 1.54) is 0 Å². The van der Waals surface area contributed by atoms with Crippen molar-refractivity contribution in [1.82, 2.24) is 20.1 Å². The Balaban J connectivity index is 1.60. The number of pyridine rings is 1. The van der Waals surface area contributed by atoms with Crippen molar-refractivity contribution in [1.29, 1.82) is 0 Å². The highest BCUT2D eigenvalue weighted by Crippen LogP contribution is 2.28. The van der Waals surface area contributed by atoms with Gasteiger partial charge < -0.3 is 10.2 Å². The number of nitrogens with one attached hydrogen (secondary N) is 1. The van der Waals surface area contributed by atoms with E-state index in [0.29, 0.717) is 12.2 Å². The van der Waals surface area contributed by atoms with Crippen LogP contribution in [0.5, 0.6) is 0 Å². The number of amides is 1. The van der Waals surface area contributed by atoms with Crippen molar-refractivity contribution < 1.29 is 4.79 Å². The summed E-state index contributed by atoms with van der Waals surface area (Å²) in [5.41, 5.74) is 0.507. The van der Waals surface area contributed by atoms with Gasteiger partial charge in [-0.05, 0) is 18.6 Å². The standard InChI is InChI=1S/C16H21N5OS/c1-16(2,3)14-19-20-15(23-14)18-11-7-9-21(10-11)13(22)12-6-4-5-8-17-12/h4-6,8,11H,7,9-10H2,1-3H3,(H,18,20). The lowest BCUT2D eigenvalue weighted by Crippen LogP contribution is -2.32. The Hall–Kier alpha value is -2.02. The summed E-state index contributed by atoms with van der Waals surface area (Å²) in [6, 6.07) is 5.61. The maximum absolute atomic E-state index is 12.4. The van der Waals surface area contributed by atoms with Gasteiger partial charge in [0, 0.05) is 30.7 Å². The van der Waals surface area contributed by atoms with E-state index in [-0.39, 0.29) is 17.4 Å². The number of hydrogen-bond donors (Lipinski definition) is 1. The van der Waals surface area contributed by atoms with Crippen LogP contribution in [0.2, 0.25) is 0 Å². The lowest BCUT2D eigenvalue weighted by Gasteiger charge is -2.16. The SMILES string of the molecule is CC(C)(C)c1nnc(NC2CCN(C(=O)c3ccccn3)C2)s1. The number of hydrogen-bond acceptors (Lipinski definition) is 6. The number of aromatic nitrogens is 3. The fourth-order valence-electron chi connectivity index (χ4n) is 2.47. The Morgan fingerprint density at radius 1 is 1.35 bits per heavy atom. The van der Waals surface area contributed by atoms with Crippen LogP contribution in [-0.2, 0) is 5.41 Å². The van der Waals surface area contributed by atoms with Crippen molar-refractivity contribution in [3.63, 3.8) is 0 Å². The quantitative estimate of drug-likeness (QED) is 0.936. The Labute approximate surface area is 140 Å². The van der Waals surface area contributed by atoms with Crippen LogP contribution in [0.4, 0.5) is 5.13 Å². The predicted octanol–water partition coefficient (Wildman–Crippen LogP) is 2.56. The molecule has 0 spiro atoms. The lowest BCUT2D eigenvalue weighted by atomic mass is 9.98. The third kappa shape index (κ3) is 3.67. The second-order valence-corrected chi connectivity index (χ2v) is 7.74. The van der Waals surface area contributed by atoms with Gasteiger partial charge in [-0.25, -0.2) is 0 Å². The Morgan fingerprint density at radius 2 is 2.17 bits per heavy atom. The number of anilines is 1. The van der Waals surface area contributed by atoms with Crippen molar-refractivity contribution >= 4 is 22.4 Å². The zero-order chi connectivity index (χ0) is 16.4. The van der Waals surface area contributed by atoms with Gasteiger partial charge in [-0.2, -0.15) is 0 Å². The van der Waals surface area contributed by atoms with Gasteiger partial charge in [0.2, 0.25) is 5.13 Å². The largest absolute Gasteiger partial charge is 0.355 e. The van der Waals surface area contributed by atoms with Gasteiger partial charge in [-0.1, -0.05) is 38.2 Å². The van der Waals surface area contributed by atoms with Crippen molar-refractivity contribution in [3.8, 4) is 0 Å². The van der Waals surface area contributed by atoms with Gasteiger partial charge in [0.15, 0.2) is 0 Å². The van der Waals surface area contributed by atoms with Crippen molar-refractivity contribution in [2.45, 2.75) is 38.6 Å². The summed E-state index contributed by atoms with van der Waals surface area (Å²) >= 11 is 1.58. The molecule has 2 aromatic heterocycles. The molecule has 1 saturated heterocycles. The fraction of sp³-hybridized carbons (Fsp3) is 0.500. The molecule has 1 atom stereocenters. The topological polar surface area (TPSA) is 71.0 Å². The molecule has 1 fully saturated rings. The van der Waals surface area contributed by atoms with E-state index in [9.17, 15) is 4.79 Å². The van der Waals surface area contributed by atoms with Crippen LogP contribution in [0.15, 0.2) is 24.4 Å². The molecule has 2 aromatic rings. The normalized spacial score (nSPS) is 18.2. The smallest absolute Gasteiger partial charge is 0.272 e. The first-order chi connectivity index (χ1) is 10.9. The Morgan fingerprint density at radius 3 is 2.83 bits per heavy atom. The predicted molar refractivity (Wildman–Crippen MR) is 90.8 cm³/mol. The average Bonchev–Trinajstić information content (AvgIpc) is 3.17. The highest BCUT2D eigenvalue weighted by atomic mass is 32.1. The molecular formula is C16H21N5OS. The van der Waals surface area contributed by atoms with Gasteiger partial charge in [0.1, 0.15) is 10.7 Å². The van der Waals surface area contributed by atoms with Gasteiger partial charge >= 0.3 is 0 Å². The average molecular weight is 331 g/mol. The summed E-state index contributed by atoms with van der Waals surface area (Å²) in [5.74, 6) is -0.0115. The van der Waals surface area contributed by atoms with Crippen LogP contribution in [0.3, 0.4) is 0 Å². The van der Waals surface area contributed by atoms with Crippen molar-refractivity contribution in [3.05, 3.63) is 35.1 Å².